The molecule has 1 aromatic heterocycles. The lowest BCUT2D eigenvalue weighted by atomic mass is 9.96. The Morgan fingerprint density at radius 1 is 1.05 bits per heavy atom. The minimum Gasteiger partial charge on any atom is -0.497 e. The van der Waals surface area contributed by atoms with Gasteiger partial charge < -0.3 is 9.84 Å². The Morgan fingerprint density at radius 3 is 2.53 bits per heavy atom. The molecule has 0 aliphatic heterocycles. The normalized spacial score (nSPS) is 13.9. The second-order valence-corrected chi connectivity index (χ2v) is 4.73. The van der Waals surface area contributed by atoms with Crippen LogP contribution in [0.1, 0.15) is 24.1 Å². The van der Waals surface area contributed by atoms with Gasteiger partial charge in [-0.1, -0.05) is 0 Å². The summed E-state index contributed by atoms with van der Waals surface area (Å²) in [7, 11) is 1.64. The van der Waals surface area contributed by atoms with Crippen LogP contribution in [0.25, 0.3) is 11.4 Å². The van der Waals surface area contributed by atoms with E-state index in [0.717, 1.165) is 48.3 Å². The van der Waals surface area contributed by atoms with Crippen molar-refractivity contribution in [1.82, 2.24) is 9.97 Å². The highest BCUT2D eigenvalue weighted by atomic mass is 16.5. The van der Waals surface area contributed by atoms with Crippen molar-refractivity contribution in [2.24, 2.45) is 0 Å². The van der Waals surface area contributed by atoms with E-state index < -0.39 is 0 Å². The van der Waals surface area contributed by atoms with Gasteiger partial charge in [-0.25, -0.2) is 4.98 Å². The van der Waals surface area contributed by atoms with Crippen molar-refractivity contribution in [2.45, 2.75) is 25.7 Å². The van der Waals surface area contributed by atoms with Gasteiger partial charge in [0.05, 0.1) is 12.8 Å². The molecule has 1 aliphatic carbocycles. The second kappa shape index (κ2) is 4.88. The van der Waals surface area contributed by atoms with E-state index in [2.05, 4.69) is 9.97 Å². The van der Waals surface area contributed by atoms with Crippen molar-refractivity contribution in [2.75, 3.05) is 7.11 Å². The van der Waals surface area contributed by atoms with Gasteiger partial charge in [-0.2, -0.15) is 4.98 Å². The van der Waals surface area contributed by atoms with Crippen LogP contribution in [-0.2, 0) is 12.8 Å². The minimum atomic E-state index is 0.135. The van der Waals surface area contributed by atoms with Crippen LogP contribution in [-0.4, -0.2) is 22.2 Å². The first kappa shape index (κ1) is 12.0. The maximum absolute atomic E-state index is 10.0. The molecule has 0 saturated carbocycles. The van der Waals surface area contributed by atoms with E-state index in [-0.39, 0.29) is 5.88 Å². The number of aromatic nitrogens is 2. The van der Waals surface area contributed by atoms with Crippen LogP contribution >= 0.6 is 0 Å². The van der Waals surface area contributed by atoms with Crippen molar-refractivity contribution in [3.63, 3.8) is 0 Å². The molecule has 98 valence electrons. The number of hydrogen-bond donors (Lipinski definition) is 1. The number of hydrogen-bond acceptors (Lipinski definition) is 4. The van der Waals surface area contributed by atoms with Gasteiger partial charge in [0.2, 0.25) is 5.88 Å². The number of nitrogens with zero attached hydrogens (tertiary/aromatic N) is 2. The minimum absolute atomic E-state index is 0.135. The summed E-state index contributed by atoms with van der Waals surface area (Å²) in [5.74, 6) is 1.52. The van der Waals surface area contributed by atoms with E-state index in [1.807, 2.05) is 24.3 Å². The molecule has 0 spiro atoms. The Morgan fingerprint density at radius 2 is 1.79 bits per heavy atom. The first-order chi connectivity index (χ1) is 9.28. The summed E-state index contributed by atoms with van der Waals surface area (Å²) in [5.41, 5.74) is 2.80. The molecule has 0 fully saturated rings. The molecule has 1 heterocycles. The van der Waals surface area contributed by atoms with Gasteiger partial charge >= 0.3 is 0 Å². The zero-order chi connectivity index (χ0) is 13.2. The Balaban J connectivity index is 2.02. The first-order valence-corrected chi connectivity index (χ1v) is 6.51. The summed E-state index contributed by atoms with van der Waals surface area (Å²) in [6, 6.07) is 7.55. The number of fused-ring (bicyclic) bond motifs is 1. The van der Waals surface area contributed by atoms with Crippen molar-refractivity contribution in [3.8, 4) is 23.0 Å². The third-order valence-corrected chi connectivity index (χ3v) is 3.51. The molecule has 0 amide bonds. The average Bonchev–Trinajstić information content (AvgIpc) is 2.47. The van der Waals surface area contributed by atoms with Gasteiger partial charge in [-0.05, 0) is 49.9 Å². The molecule has 0 radical (unpaired) electrons. The fourth-order valence-electron chi connectivity index (χ4n) is 2.44. The molecule has 0 saturated heterocycles. The Labute approximate surface area is 112 Å². The lowest BCUT2D eigenvalue weighted by molar-refractivity contribution is 0.415. The number of aromatic hydroxyl groups is 1. The van der Waals surface area contributed by atoms with Gasteiger partial charge in [0.1, 0.15) is 5.75 Å². The van der Waals surface area contributed by atoms with E-state index in [4.69, 9.17) is 4.74 Å². The molecule has 19 heavy (non-hydrogen) atoms. The standard InChI is InChI=1S/C15H16N2O2/c1-19-11-8-6-10(7-9-11)14-16-13-5-3-2-4-12(13)15(18)17-14/h6-9H,2-5H2,1H3,(H,16,17,18). The second-order valence-electron chi connectivity index (χ2n) is 4.73. The van der Waals surface area contributed by atoms with Gasteiger partial charge in [-0.15, -0.1) is 0 Å². The number of rotatable bonds is 2. The fourth-order valence-corrected chi connectivity index (χ4v) is 2.44. The summed E-state index contributed by atoms with van der Waals surface area (Å²) in [4.78, 5) is 8.80. The van der Waals surface area contributed by atoms with Crippen LogP contribution in [0, 0.1) is 0 Å². The van der Waals surface area contributed by atoms with Crippen molar-refractivity contribution >= 4 is 0 Å². The molecule has 0 atom stereocenters. The van der Waals surface area contributed by atoms with E-state index in [0.29, 0.717) is 5.82 Å². The number of ether oxygens (including phenoxy) is 1. The molecule has 4 heteroatoms. The predicted octanol–water partition coefficient (Wildman–Crippen LogP) is 2.74. The maximum atomic E-state index is 10.0. The van der Waals surface area contributed by atoms with Crippen LogP contribution in [0.2, 0.25) is 0 Å². The zero-order valence-electron chi connectivity index (χ0n) is 10.9. The highest BCUT2D eigenvalue weighted by Crippen LogP contribution is 2.29. The molecule has 2 aromatic rings. The molecule has 3 rings (SSSR count). The third kappa shape index (κ3) is 2.26. The molecular weight excluding hydrogens is 240 g/mol. The topological polar surface area (TPSA) is 55.2 Å². The van der Waals surface area contributed by atoms with Crippen LogP contribution in [0.15, 0.2) is 24.3 Å². The molecule has 1 aromatic carbocycles. The smallest absolute Gasteiger partial charge is 0.217 e. The molecule has 4 nitrogen and oxygen atoms in total. The Kier molecular flexibility index (Phi) is 3.07. The summed E-state index contributed by atoms with van der Waals surface area (Å²) < 4.78 is 5.13. The molecule has 1 aliphatic rings. The molecule has 0 unspecified atom stereocenters. The van der Waals surface area contributed by atoms with E-state index in [1.54, 1.807) is 7.11 Å². The molecule has 0 bridgehead atoms. The van der Waals surface area contributed by atoms with E-state index in [1.165, 1.54) is 0 Å². The quantitative estimate of drug-likeness (QED) is 0.897. The fraction of sp³-hybridized carbons (Fsp3) is 0.333. The van der Waals surface area contributed by atoms with Gasteiger partial charge in [0, 0.05) is 11.1 Å². The van der Waals surface area contributed by atoms with Crippen LogP contribution < -0.4 is 4.74 Å². The molecular formula is C15H16N2O2. The lowest BCUT2D eigenvalue weighted by Crippen LogP contribution is -2.08. The average molecular weight is 256 g/mol. The lowest BCUT2D eigenvalue weighted by Gasteiger charge is -2.16. The van der Waals surface area contributed by atoms with Crippen molar-refractivity contribution in [1.29, 1.82) is 0 Å². The summed E-state index contributed by atoms with van der Waals surface area (Å²) >= 11 is 0. The number of aryl methyl sites for hydroxylation is 1. The van der Waals surface area contributed by atoms with Gasteiger partial charge in [-0.3, -0.25) is 0 Å². The van der Waals surface area contributed by atoms with Crippen LogP contribution in [0.4, 0.5) is 0 Å². The molecule has 1 N–H and O–H groups in total. The Hall–Kier alpha value is -2.10. The summed E-state index contributed by atoms with van der Waals surface area (Å²) in [6.07, 6.45) is 4.04. The summed E-state index contributed by atoms with van der Waals surface area (Å²) in [5, 5.41) is 10.0. The van der Waals surface area contributed by atoms with Crippen LogP contribution in [0.3, 0.4) is 0 Å². The predicted molar refractivity (Wildman–Crippen MR) is 72.3 cm³/mol. The highest BCUT2D eigenvalue weighted by molar-refractivity contribution is 5.58. The maximum Gasteiger partial charge on any atom is 0.217 e. The van der Waals surface area contributed by atoms with Crippen molar-refractivity contribution in [3.05, 3.63) is 35.5 Å². The number of methoxy groups -OCH3 is 1. The van der Waals surface area contributed by atoms with E-state index in [9.17, 15) is 5.11 Å². The van der Waals surface area contributed by atoms with E-state index >= 15 is 0 Å². The third-order valence-electron chi connectivity index (χ3n) is 3.51. The zero-order valence-corrected chi connectivity index (χ0v) is 10.9. The van der Waals surface area contributed by atoms with Crippen LogP contribution in [0.5, 0.6) is 11.6 Å². The monoisotopic (exact) mass is 256 g/mol. The first-order valence-electron chi connectivity index (χ1n) is 6.51. The SMILES string of the molecule is COc1ccc(-c2nc(O)c3c(n2)CCCC3)cc1. The number of benzene rings is 1. The van der Waals surface area contributed by atoms with Gasteiger partial charge in [0.15, 0.2) is 5.82 Å². The summed E-state index contributed by atoms with van der Waals surface area (Å²) in [6.45, 7) is 0. The highest BCUT2D eigenvalue weighted by Gasteiger charge is 2.17. The van der Waals surface area contributed by atoms with Crippen molar-refractivity contribution < 1.29 is 9.84 Å². The Bertz CT molecular complexity index is 594. The largest absolute Gasteiger partial charge is 0.497 e. The van der Waals surface area contributed by atoms with Gasteiger partial charge in [0.25, 0.3) is 0 Å².